The van der Waals surface area contributed by atoms with E-state index in [4.69, 9.17) is 0 Å². The Bertz CT molecular complexity index is 5310. The highest BCUT2D eigenvalue weighted by atomic mass is 79.9. The number of rotatable bonds is 19. The second kappa shape index (κ2) is 24.2. The van der Waals surface area contributed by atoms with Crippen LogP contribution in [0, 0.1) is 55.4 Å². The molecule has 0 bridgehead atoms. The van der Waals surface area contributed by atoms with Gasteiger partial charge in [-0.15, -0.1) is 45.3 Å². The molecular formula is C77H68Br2N6O3S4. The van der Waals surface area contributed by atoms with Gasteiger partial charge in [-0.05, 0) is 235 Å². The van der Waals surface area contributed by atoms with Gasteiger partial charge in [0.05, 0.1) is 23.7 Å². The number of benzene rings is 4. The molecule has 10 heterocycles. The normalized spacial score (nSPS) is 13.3. The molecule has 4 aromatic carbocycles. The number of Topliss-reactive ketones (excluding diaryl/α,β-unsaturated/α-hetero) is 3. The summed E-state index contributed by atoms with van der Waals surface area (Å²) in [4.78, 5) is 66.4. The third-order valence-electron chi connectivity index (χ3n) is 19.1. The number of ketones is 3. The van der Waals surface area contributed by atoms with Crippen LogP contribution in [0.4, 0.5) is 0 Å². The van der Waals surface area contributed by atoms with E-state index in [0.29, 0.717) is 16.7 Å². The molecule has 0 saturated heterocycles. The lowest BCUT2D eigenvalue weighted by molar-refractivity contribution is 0.0916. The first-order chi connectivity index (χ1) is 44.3. The molecule has 462 valence electrons. The van der Waals surface area contributed by atoms with Gasteiger partial charge in [0.25, 0.3) is 0 Å². The predicted molar refractivity (Wildman–Crippen MR) is 392 cm³/mol. The van der Waals surface area contributed by atoms with Gasteiger partial charge in [0.15, 0.2) is 17.3 Å². The smallest absolute Gasteiger partial charge is 0.165 e. The minimum Gasteiger partial charge on any atom is -0.361 e. The minimum atomic E-state index is -0.341. The number of carbonyl (C=O) groups excluding carboxylic acids is 3. The van der Waals surface area contributed by atoms with Crippen molar-refractivity contribution in [1.82, 2.24) is 29.9 Å². The first-order valence-electron chi connectivity index (χ1n) is 30.9. The SMILES string of the molecule is C=C(C)c1c(C)[nH]c(C(c2ccc(C(c3[nH]c(C)c(C(=O)CCC(=O)c4c(C)[nH]c(C(c5ccc(C(c6[nH]c(C)c(C(C)=O)c6C)c6csc7ccc(Br)cc67)[nH]5)c5csc6ccc(Br)cc56)c4C)c3C)c3csc4ccccc34)[nH]2)c2csc3ccccc23)c1C. The summed E-state index contributed by atoms with van der Waals surface area (Å²) in [7, 11) is 0. The summed E-state index contributed by atoms with van der Waals surface area (Å²) in [6.07, 6.45) is 0.0758. The van der Waals surface area contributed by atoms with Crippen molar-refractivity contribution in [3.05, 3.63) is 281 Å². The van der Waals surface area contributed by atoms with E-state index in [1.807, 2.05) is 34.6 Å². The number of aromatic nitrogens is 6. The number of H-pyrrole nitrogens is 6. The molecule has 14 rings (SSSR count). The van der Waals surface area contributed by atoms with Crippen LogP contribution in [0.2, 0.25) is 0 Å². The number of aryl methyl sites for hydroxylation is 4. The average Bonchev–Trinajstić information content (AvgIpc) is 1.62. The number of halogens is 2. The number of hydrogen-bond donors (Lipinski definition) is 6. The number of aromatic amines is 6. The van der Waals surface area contributed by atoms with Gasteiger partial charge in [-0.1, -0.05) is 74.8 Å². The fourth-order valence-corrected chi connectivity index (χ4v) is 19.7. The quantitative estimate of drug-likeness (QED) is 0.0448. The van der Waals surface area contributed by atoms with E-state index in [2.05, 4.69) is 227 Å². The van der Waals surface area contributed by atoms with Gasteiger partial charge in [-0.25, -0.2) is 0 Å². The number of hydrogen-bond acceptors (Lipinski definition) is 7. The molecule has 0 aliphatic heterocycles. The number of carbonyl (C=O) groups is 3. The molecule has 10 aromatic heterocycles. The lowest BCUT2D eigenvalue weighted by atomic mass is 9.88. The number of allylic oxidation sites excluding steroid dienone is 1. The maximum atomic E-state index is 15.1. The zero-order valence-corrected chi connectivity index (χ0v) is 59.2. The van der Waals surface area contributed by atoms with Crippen LogP contribution in [0.5, 0.6) is 0 Å². The summed E-state index contributed by atoms with van der Waals surface area (Å²) < 4.78 is 6.71. The second-order valence-electron chi connectivity index (χ2n) is 24.8. The van der Waals surface area contributed by atoms with Gasteiger partial charge >= 0.3 is 0 Å². The molecule has 4 unspecified atom stereocenters. The summed E-state index contributed by atoms with van der Waals surface area (Å²) in [5.74, 6) is -1.16. The molecule has 14 aromatic rings. The molecule has 0 aliphatic rings. The minimum absolute atomic E-state index is 0.0255. The van der Waals surface area contributed by atoms with Gasteiger partial charge < -0.3 is 29.9 Å². The molecule has 0 amide bonds. The lowest BCUT2D eigenvalue weighted by Gasteiger charge is -2.19. The Morgan fingerprint density at radius 3 is 1.03 bits per heavy atom. The molecule has 0 fully saturated rings. The molecule has 6 N–H and O–H groups in total. The molecule has 0 spiro atoms. The van der Waals surface area contributed by atoms with E-state index in [1.165, 1.54) is 36.2 Å². The highest BCUT2D eigenvalue weighted by molar-refractivity contribution is 9.10. The topological polar surface area (TPSA) is 146 Å². The second-order valence-corrected chi connectivity index (χ2v) is 30.3. The van der Waals surface area contributed by atoms with Crippen LogP contribution in [-0.4, -0.2) is 47.3 Å². The summed E-state index contributed by atoms with van der Waals surface area (Å²) in [6.45, 7) is 24.5. The van der Waals surface area contributed by atoms with Gasteiger partial charge in [0.1, 0.15) is 0 Å². The first kappa shape index (κ1) is 61.6. The fourth-order valence-electron chi connectivity index (χ4n) is 15.1. The molecule has 92 heavy (non-hydrogen) atoms. The largest absolute Gasteiger partial charge is 0.361 e. The summed E-state index contributed by atoms with van der Waals surface area (Å²) in [6, 6.07) is 38.8. The Kier molecular flexibility index (Phi) is 16.2. The predicted octanol–water partition coefficient (Wildman–Crippen LogP) is 22.3. The maximum Gasteiger partial charge on any atom is 0.165 e. The Hall–Kier alpha value is -7.89. The van der Waals surface area contributed by atoms with Crippen LogP contribution in [0.3, 0.4) is 0 Å². The monoisotopic (exact) mass is 1410 g/mol. The third kappa shape index (κ3) is 10.5. The van der Waals surface area contributed by atoms with Crippen LogP contribution in [0.1, 0.15) is 200 Å². The molecule has 15 heteroatoms. The molecule has 0 saturated carbocycles. The highest BCUT2D eigenvalue weighted by Crippen LogP contribution is 2.48. The van der Waals surface area contributed by atoms with Crippen molar-refractivity contribution in [2.45, 2.75) is 106 Å². The van der Waals surface area contributed by atoms with Crippen molar-refractivity contribution in [3.8, 4) is 0 Å². The number of nitrogens with one attached hydrogen (secondary N) is 6. The van der Waals surface area contributed by atoms with Crippen LogP contribution >= 0.6 is 77.2 Å². The Morgan fingerprint density at radius 2 is 0.696 bits per heavy atom. The average molecular weight is 1410 g/mol. The zero-order chi connectivity index (χ0) is 64.3. The van der Waals surface area contributed by atoms with Crippen LogP contribution in [-0.2, 0) is 0 Å². The van der Waals surface area contributed by atoms with Crippen molar-refractivity contribution >= 4 is 140 Å². The van der Waals surface area contributed by atoms with Gasteiger partial charge in [0.2, 0.25) is 0 Å². The van der Waals surface area contributed by atoms with Crippen molar-refractivity contribution in [3.63, 3.8) is 0 Å². The maximum absolute atomic E-state index is 15.1. The Morgan fingerprint density at radius 1 is 0.391 bits per heavy atom. The van der Waals surface area contributed by atoms with Gasteiger partial charge in [0, 0.05) is 131 Å². The van der Waals surface area contributed by atoms with E-state index in [1.54, 1.807) is 52.3 Å². The van der Waals surface area contributed by atoms with E-state index < -0.39 is 0 Å². The summed E-state index contributed by atoms with van der Waals surface area (Å²) in [5, 5.41) is 13.7. The van der Waals surface area contributed by atoms with Crippen molar-refractivity contribution in [2.24, 2.45) is 0 Å². The Balaban J connectivity index is 0.807. The van der Waals surface area contributed by atoms with E-state index in [9.17, 15) is 4.79 Å². The first-order valence-corrected chi connectivity index (χ1v) is 36.0. The molecule has 0 aliphatic carbocycles. The van der Waals surface area contributed by atoms with Gasteiger partial charge in [-0.3, -0.25) is 14.4 Å². The van der Waals surface area contributed by atoms with Crippen molar-refractivity contribution in [1.29, 1.82) is 0 Å². The third-order valence-corrected chi connectivity index (χ3v) is 24.0. The molecule has 9 nitrogen and oxygen atoms in total. The number of thiophene rings is 4. The van der Waals surface area contributed by atoms with E-state index >= 15 is 9.59 Å². The summed E-state index contributed by atoms with van der Waals surface area (Å²) >= 11 is 14.5. The van der Waals surface area contributed by atoms with Crippen LogP contribution in [0.15, 0.2) is 146 Å². The van der Waals surface area contributed by atoms with E-state index in [0.717, 1.165) is 137 Å². The standard InChI is InChI=1S/C77H68Br2N6O3S4/c1-36(2)66-37(3)74(80-41(66)7)70(52-32-89-62-18-14-12-16-48(52)62)56-22-23-57(84-56)71(53-33-90-63-19-15-13-17-49(53)63)76-39(5)68(43(9)82-76)60(87)26-27-61(88)69-40(6)77(83-44(69)10)73(55-35-92-65-29-21-47(79)31-51(55)65)59-25-24-58(85-59)72(75-38(4)67(45(11)86)42(8)81-75)54-34-91-64-28-20-46(78)30-50(54)64/h12-25,28-35,70-73,80-85H,1,26-27H2,2-11H3. The molecule has 0 radical (unpaired) electrons. The molecule has 4 atom stereocenters. The lowest BCUT2D eigenvalue weighted by Crippen LogP contribution is -2.10. The highest BCUT2D eigenvalue weighted by Gasteiger charge is 2.35. The summed E-state index contributed by atoms with van der Waals surface area (Å²) in [5.41, 5.74) is 24.0. The van der Waals surface area contributed by atoms with Crippen molar-refractivity contribution in [2.75, 3.05) is 0 Å². The zero-order valence-electron chi connectivity index (χ0n) is 52.7. The van der Waals surface area contributed by atoms with Crippen molar-refractivity contribution < 1.29 is 14.4 Å². The number of fused-ring (bicyclic) bond motifs is 4. The van der Waals surface area contributed by atoms with Gasteiger partial charge in [-0.2, -0.15) is 0 Å². The van der Waals surface area contributed by atoms with Crippen LogP contribution in [0.25, 0.3) is 45.9 Å². The van der Waals surface area contributed by atoms with E-state index in [-0.39, 0.29) is 53.9 Å². The fraction of sp³-hybridized carbons (Fsp3) is 0.208. The van der Waals surface area contributed by atoms with Crippen LogP contribution < -0.4 is 0 Å². The Labute approximate surface area is 567 Å². The molecular weight excluding hydrogens is 1340 g/mol.